The van der Waals surface area contributed by atoms with E-state index in [0.717, 1.165) is 4.70 Å². The first-order chi connectivity index (χ1) is 16.5. The fraction of sp³-hybridized carbons (Fsp3) is 0.0385. The number of nitriles is 1. The highest BCUT2D eigenvalue weighted by atomic mass is 32.1. The Labute approximate surface area is 197 Å². The molecule has 164 valence electrons. The van der Waals surface area contributed by atoms with E-state index in [1.807, 2.05) is 24.3 Å². The van der Waals surface area contributed by atoms with E-state index in [2.05, 4.69) is 4.98 Å². The largest absolute Gasteiger partial charge is 0.507 e. The lowest BCUT2D eigenvalue weighted by Gasteiger charge is -2.19. The number of thiazole rings is 1. The summed E-state index contributed by atoms with van der Waals surface area (Å²) in [4.78, 5) is 43.1. The van der Waals surface area contributed by atoms with Crippen LogP contribution in [0.1, 0.15) is 47.2 Å². The molecule has 0 saturated carbocycles. The first-order valence-corrected chi connectivity index (χ1v) is 11.0. The number of ketones is 2. The van der Waals surface area contributed by atoms with E-state index < -0.39 is 24.1 Å². The highest BCUT2D eigenvalue weighted by Crippen LogP contribution is 2.31. The predicted octanol–water partition coefficient (Wildman–Crippen LogP) is 4.72. The normalized spacial score (nSPS) is 13.0. The third-order valence-corrected chi connectivity index (χ3v) is 6.47. The zero-order valence-electron chi connectivity index (χ0n) is 17.4. The van der Waals surface area contributed by atoms with Crippen molar-refractivity contribution in [3.05, 3.63) is 105 Å². The van der Waals surface area contributed by atoms with Crippen LogP contribution in [0.4, 0.5) is 0 Å². The van der Waals surface area contributed by atoms with Crippen molar-refractivity contribution >= 4 is 44.7 Å². The second kappa shape index (κ2) is 8.39. The molecule has 34 heavy (non-hydrogen) atoms. The van der Waals surface area contributed by atoms with Gasteiger partial charge in [0, 0.05) is 22.3 Å². The number of aliphatic hydroxyl groups excluding tert-OH is 1. The third kappa shape index (κ3) is 3.45. The minimum atomic E-state index is -0.898. The average molecular weight is 466 g/mol. The molecule has 0 aliphatic heterocycles. The molecule has 1 aliphatic rings. The Kier molecular flexibility index (Phi) is 5.24. The van der Waals surface area contributed by atoms with Crippen LogP contribution in [0.25, 0.3) is 15.8 Å². The van der Waals surface area contributed by atoms with E-state index in [9.17, 15) is 24.8 Å². The molecular formula is C26H14N2O5S. The number of carbonyl (C=O) groups is 3. The lowest BCUT2D eigenvalue weighted by Crippen LogP contribution is -2.24. The van der Waals surface area contributed by atoms with E-state index in [1.54, 1.807) is 24.3 Å². The Morgan fingerprint density at radius 3 is 2.35 bits per heavy atom. The Hall–Kier alpha value is -4.61. The Balaban J connectivity index is 1.44. The number of aliphatic hydroxyl groups is 1. The lowest BCUT2D eigenvalue weighted by molar-refractivity contribution is 0.0500. The minimum Gasteiger partial charge on any atom is -0.507 e. The molecule has 0 spiro atoms. The number of ether oxygens (including phenoxy) is 1. The van der Waals surface area contributed by atoms with Crippen LogP contribution in [0.3, 0.4) is 0 Å². The molecule has 8 heteroatoms. The van der Waals surface area contributed by atoms with Crippen molar-refractivity contribution in [3.8, 4) is 6.07 Å². The maximum absolute atomic E-state index is 13.1. The van der Waals surface area contributed by atoms with Crippen molar-refractivity contribution in [1.82, 2.24) is 4.98 Å². The fourth-order valence-electron chi connectivity index (χ4n) is 3.81. The van der Waals surface area contributed by atoms with Crippen LogP contribution in [0.15, 0.2) is 72.5 Å². The number of fused-ring (bicyclic) bond motifs is 3. The molecular weight excluding hydrogens is 452 g/mol. The van der Waals surface area contributed by atoms with Gasteiger partial charge in [0.05, 0.1) is 15.8 Å². The number of esters is 1. The van der Waals surface area contributed by atoms with Gasteiger partial charge in [0.25, 0.3) is 0 Å². The van der Waals surface area contributed by atoms with Crippen LogP contribution in [-0.4, -0.2) is 34.2 Å². The summed E-state index contributed by atoms with van der Waals surface area (Å²) in [5.41, 5.74) is 1.06. The van der Waals surface area contributed by atoms with Crippen molar-refractivity contribution in [1.29, 1.82) is 5.26 Å². The molecule has 1 aromatic heterocycles. The van der Waals surface area contributed by atoms with Crippen LogP contribution >= 0.6 is 11.3 Å². The van der Waals surface area contributed by atoms with Crippen LogP contribution in [0.5, 0.6) is 0 Å². The Morgan fingerprint density at radius 1 is 0.941 bits per heavy atom. The topological polar surface area (TPSA) is 117 Å². The Morgan fingerprint density at radius 2 is 1.62 bits per heavy atom. The average Bonchev–Trinajstić information content (AvgIpc) is 3.29. The molecule has 0 bridgehead atoms. The zero-order chi connectivity index (χ0) is 23.8. The third-order valence-electron chi connectivity index (χ3n) is 5.42. The highest BCUT2D eigenvalue weighted by Gasteiger charge is 2.33. The quantitative estimate of drug-likeness (QED) is 0.231. The van der Waals surface area contributed by atoms with Crippen molar-refractivity contribution in [3.63, 3.8) is 0 Å². The van der Waals surface area contributed by atoms with Crippen LogP contribution < -0.4 is 0 Å². The number of allylic oxidation sites excluding steroid dienone is 1. The van der Waals surface area contributed by atoms with E-state index in [0.29, 0.717) is 10.5 Å². The Bertz CT molecular complexity index is 1560. The lowest BCUT2D eigenvalue weighted by atomic mass is 9.82. The second-order valence-electron chi connectivity index (χ2n) is 7.43. The van der Waals surface area contributed by atoms with Gasteiger partial charge in [0.15, 0.2) is 17.3 Å². The number of nitrogens with zero attached hydrogens (tertiary/aromatic N) is 2. The van der Waals surface area contributed by atoms with E-state index in [1.165, 1.54) is 35.6 Å². The number of benzene rings is 3. The first-order valence-electron chi connectivity index (χ1n) is 10.2. The maximum atomic E-state index is 13.1. The van der Waals surface area contributed by atoms with Crippen LogP contribution in [0, 0.1) is 11.3 Å². The monoisotopic (exact) mass is 466 g/mol. The van der Waals surface area contributed by atoms with Gasteiger partial charge >= 0.3 is 5.97 Å². The van der Waals surface area contributed by atoms with Crippen molar-refractivity contribution in [2.75, 3.05) is 6.61 Å². The van der Waals surface area contributed by atoms with Gasteiger partial charge in [-0.25, -0.2) is 9.78 Å². The fourth-order valence-corrected chi connectivity index (χ4v) is 4.80. The van der Waals surface area contributed by atoms with Crippen LogP contribution in [-0.2, 0) is 4.74 Å². The van der Waals surface area contributed by atoms with Gasteiger partial charge in [0.1, 0.15) is 23.3 Å². The summed E-state index contributed by atoms with van der Waals surface area (Å²) >= 11 is 1.23. The number of carbonyl (C=O) groups excluding carboxylic acids is 3. The minimum absolute atomic E-state index is 0.0358. The van der Waals surface area contributed by atoms with E-state index in [-0.39, 0.29) is 39.2 Å². The van der Waals surface area contributed by atoms with Crippen molar-refractivity contribution < 1.29 is 24.2 Å². The molecule has 0 unspecified atom stereocenters. The van der Waals surface area contributed by atoms with E-state index >= 15 is 0 Å². The van der Waals surface area contributed by atoms with Gasteiger partial charge < -0.3 is 9.84 Å². The molecule has 1 N–H and O–H groups in total. The van der Waals surface area contributed by atoms with Crippen molar-refractivity contribution in [2.45, 2.75) is 0 Å². The molecule has 3 aromatic carbocycles. The SMILES string of the molecule is N#CC(=C(O)COC(=O)c1cccc2c1C(=O)c1ccccc1C2=O)c1nc2ccccc2s1. The van der Waals surface area contributed by atoms with Gasteiger partial charge in [-0.1, -0.05) is 48.5 Å². The summed E-state index contributed by atoms with van der Waals surface area (Å²) in [5.74, 6) is -2.17. The number of hydrogen-bond acceptors (Lipinski definition) is 8. The molecule has 1 heterocycles. The van der Waals surface area contributed by atoms with Gasteiger partial charge in [-0.2, -0.15) is 5.26 Å². The number of rotatable bonds is 4. The maximum Gasteiger partial charge on any atom is 0.339 e. The molecule has 4 aromatic rings. The zero-order valence-corrected chi connectivity index (χ0v) is 18.3. The molecule has 0 radical (unpaired) electrons. The van der Waals surface area contributed by atoms with Gasteiger partial charge in [-0.3, -0.25) is 9.59 Å². The number of aromatic nitrogens is 1. The summed E-state index contributed by atoms with van der Waals surface area (Å²) in [6.07, 6.45) is 0. The summed E-state index contributed by atoms with van der Waals surface area (Å²) in [6.45, 7) is -0.597. The standard InChI is InChI=1S/C26H14N2O5S/c27-12-18(25-28-19-10-3-4-11-21(19)34-25)20(29)13-33-26(32)17-9-5-8-16-22(17)24(31)15-7-2-1-6-14(15)23(16)30/h1-11,29H,13H2. The molecule has 0 amide bonds. The smallest absolute Gasteiger partial charge is 0.339 e. The second-order valence-corrected chi connectivity index (χ2v) is 8.46. The molecule has 1 aliphatic carbocycles. The summed E-state index contributed by atoms with van der Waals surface area (Å²) in [5, 5.41) is 20.3. The molecule has 0 atom stereocenters. The summed E-state index contributed by atoms with van der Waals surface area (Å²) in [6, 6.07) is 20.0. The summed E-state index contributed by atoms with van der Waals surface area (Å²) in [7, 11) is 0. The van der Waals surface area contributed by atoms with Crippen LogP contribution in [0.2, 0.25) is 0 Å². The highest BCUT2D eigenvalue weighted by molar-refractivity contribution is 7.19. The molecule has 7 nitrogen and oxygen atoms in total. The molecule has 0 saturated heterocycles. The van der Waals surface area contributed by atoms with E-state index in [4.69, 9.17) is 4.74 Å². The van der Waals surface area contributed by atoms with Gasteiger partial charge in [-0.05, 0) is 18.2 Å². The van der Waals surface area contributed by atoms with Gasteiger partial charge in [0.2, 0.25) is 0 Å². The summed E-state index contributed by atoms with van der Waals surface area (Å²) < 4.78 is 6.06. The molecule has 5 rings (SSSR count). The first kappa shape index (κ1) is 21.2. The predicted molar refractivity (Wildman–Crippen MR) is 125 cm³/mol. The van der Waals surface area contributed by atoms with Crippen molar-refractivity contribution in [2.24, 2.45) is 0 Å². The molecule has 0 fully saturated rings. The van der Waals surface area contributed by atoms with Gasteiger partial charge in [-0.15, -0.1) is 11.3 Å². The number of hydrogen-bond donors (Lipinski definition) is 1. The number of para-hydroxylation sites is 1.